The second kappa shape index (κ2) is 8.22. The number of anilines is 1. The number of aryl methyl sites for hydroxylation is 1. The Hall–Kier alpha value is -2.87. The van der Waals surface area contributed by atoms with Gasteiger partial charge in [-0.3, -0.25) is 9.52 Å². The van der Waals surface area contributed by atoms with E-state index in [4.69, 9.17) is 0 Å². The molecule has 0 spiro atoms. The molecule has 7 nitrogen and oxygen atoms in total. The molecule has 0 radical (unpaired) electrons. The summed E-state index contributed by atoms with van der Waals surface area (Å²) in [6, 6.07) is 11.2. The Balaban J connectivity index is 2.24. The van der Waals surface area contributed by atoms with E-state index in [1.807, 2.05) is 6.92 Å². The molecule has 2 aromatic carbocycles. The van der Waals surface area contributed by atoms with Crippen LogP contribution in [0, 0.1) is 12.8 Å². The Morgan fingerprint density at radius 3 is 2.22 bits per heavy atom. The lowest BCUT2D eigenvalue weighted by atomic mass is 10.0. The number of carbonyl (C=O) groups is 2. The molecule has 0 aromatic heterocycles. The van der Waals surface area contributed by atoms with E-state index in [0.29, 0.717) is 5.69 Å². The first-order valence-corrected chi connectivity index (χ1v) is 9.81. The van der Waals surface area contributed by atoms with Crippen LogP contribution in [0.2, 0.25) is 0 Å². The lowest BCUT2D eigenvalue weighted by molar-refractivity contribution is -0.140. The fourth-order valence-corrected chi connectivity index (χ4v) is 3.48. The van der Waals surface area contributed by atoms with E-state index >= 15 is 0 Å². The number of hydrogen-bond donors (Lipinski definition) is 3. The molecule has 0 aliphatic rings. The van der Waals surface area contributed by atoms with Crippen LogP contribution in [0.4, 0.5) is 5.69 Å². The summed E-state index contributed by atoms with van der Waals surface area (Å²) in [7, 11) is -3.89. The summed E-state index contributed by atoms with van der Waals surface area (Å²) < 4.78 is 27.6. The Morgan fingerprint density at radius 1 is 1.04 bits per heavy atom. The number of carboxylic acid groups (broad SMARTS) is 1. The van der Waals surface area contributed by atoms with Crippen LogP contribution in [0.15, 0.2) is 53.4 Å². The van der Waals surface area contributed by atoms with Gasteiger partial charge in [-0.05, 0) is 43.2 Å². The quantitative estimate of drug-likeness (QED) is 0.673. The highest BCUT2D eigenvalue weighted by atomic mass is 32.2. The van der Waals surface area contributed by atoms with Crippen molar-refractivity contribution in [3.05, 3.63) is 59.7 Å². The number of hydrogen-bond acceptors (Lipinski definition) is 4. The van der Waals surface area contributed by atoms with Crippen molar-refractivity contribution in [2.75, 3.05) is 4.72 Å². The summed E-state index contributed by atoms with van der Waals surface area (Å²) in [5.41, 5.74) is 1.46. The third kappa shape index (κ3) is 5.30. The van der Waals surface area contributed by atoms with Crippen LogP contribution in [-0.4, -0.2) is 31.4 Å². The summed E-state index contributed by atoms with van der Waals surface area (Å²) in [4.78, 5) is 23.5. The topological polar surface area (TPSA) is 113 Å². The molecule has 0 bridgehead atoms. The largest absolute Gasteiger partial charge is 0.480 e. The molecular formula is C19H22N2O5S. The van der Waals surface area contributed by atoms with Gasteiger partial charge in [0.05, 0.1) is 4.90 Å². The van der Waals surface area contributed by atoms with Gasteiger partial charge in [0.15, 0.2) is 0 Å². The van der Waals surface area contributed by atoms with E-state index in [9.17, 15) is 23.1 Å². The second-order valence-corrected chi connectivity index (χ2v) is 8.22. The molecule has 27 heavy (non-hydrogen) atoms. The minimum atomic E-state index is -3.89. The van der Waals surface area contributed by atoms with Crippen molar-refractivity contribution >= 4 is 27.6 Å². The standard InChI is InChI=1S/C19H22N2O5S/c1-12(2)17(19(23)24)20-18(22)14-5-4-6-16(11-14)27(25,26)21-15-9-7-13(3)8-10-15/h4-12,17,21H,1-3H3,(H,20,22)(H,23,24)/t17-/m1/s1. The highest BCUT2D eigenvalue weighted by Crippen LogP contribution is 2.18. The smallest absolute Gasteiger partial charge is 0.326 e. The summed E-state index contributed by atoms with van der Waals surface area (Å²) in [5.74, 6) is -2.12. The van der Waals surface area contributed by atoms with Crippen molar-refractivity contribution in [2.45, 2.75) is 31.7 Å². The number of benzene rings is 2. The summed E-state index contributed by atoms with van der Waals surface area (Å²) in [6.07, 6.45) is 0. The Morgan fingerprint density at radius 2 is 1.67 bits per heavy atom. The zero-order valence-corrected chi connectivity index (χ0v) is 16.1. The van der Waals surface area contributed by atoms with E-state index in [0.717, 1.165) is 5.56 Å². The number of rotatable bonds is 7. The maximum atomic E-state index is 12.6. The molecule has 0 fully saturated rings. The summed E-state index contributed by atoms with van der Waals surface area (Å²) >= 11 is 0. The molecule has 0 aliphatic heterocycles. The van der Waals surface area contributed by atoms with Gasteiger partial charge in [-0.15, -0.1) is 0 Å². The highest BCUT2D eigenvalue weighted by molar-refractivity contribution is 7.92. The molecule has 0 aliphatic carbocycles. The minimum Gasteiger partial charge on any atom is -0.480 e. The maximum absolute atomic E-state index is 12.6. The average Bonchev–Trinajstić information content (AvgIpc) is 2.60. The number of aliphatic carboxylic acids is 1. The van der Waals surface area contributed by atoms with E-state index in [2.05, 4.69) is 10.0 Å². The van der Waals surface area contributed by atoms with Gasteiger partial charge in [-0.25, -0.2) is 13.2 Å². The fourth-order valence-electron chi connectivity index (χ4n) is 2.38. The monoisotopic (exact) mass is 390 g/mol. The van der Waals surface area contributed by atoms with Crippen molar-refractivity contribution in [1.29, 1.82) is 0 Å². The van der Waals surface area contributed by atoms with Gasteiger partial charge in [0.2, 0.25) is 0 Å². The predicted molar refractivity (Wildman–Crippen MR) is 102 cm³/mol. The molecule has 0 unspecified atom stereocenters. The van der Waals surface area contributed by atoms with Crippen molar-refractivity contribution in [1.82, 2.24) is 5.32 Å². The normalized spacial score (nSPS) is 12.4. The molecule has 1 atom stereocenters. The average molecular weight is 390 g/mol. The van der Waals surface area contributed by atoms with E-state index < -0.39 is 27.9 Å². The van der Waals surface area contributed by atoms with E-state index in [1.165, 1.54) is 24.3 Å². The molecule has 0 heterocycles. The van der Waals surface area contributed by atoms with Gasteiger partial charge in [-0.1, -0.05) is 37.6 Å². The maximum Gasteiger partial charge on any atom is 0.326 e. The van der Waals surface area contributed by atoms with E-state index in [1.54, 1.807) is 38.1 Å². The Labute approximate surface area is 158 Å². The first-order valence-electron chi connectivity index (χ1n) is 8.33. The molecular weight excluding hydrogens is 368 g/mol. The van der Waals surface area contributed by atoms with Gasteiger partial charge in [0, 0.05) is 11.3 Å². The van der Waals surface area contributed by atoms with Crippen molar-refractivity contribution in [3.8, 4) is 0 Å². The van der Waals surface area contributed by atoms with Crippen LogP contribution in [0.1, 0.15) is 29.8 Å². The Kier molecular flexibility index (Phi) is 6.22. The number of sulfonamides is 1. The van der Waals surface area contributed by atoms with Crippen LogP contribution in [0.5, 0.6) is 0 Å². The number of nitrogens with one attached hydrogen (secondary N) is 2. The third-order valence-corrected chi connectivity index (χ3v) is 5.31. The lowest BCUT2D eigenvalue weighted by Crippen LogP contribution is -2.44. The van der Waals surface area contributed by atoms with Crippen LogP contribution in [-0.2, 0) is 14.8 Å². The molecule has 0 saturated heterocycles. The van der Waals surface area contributed by atoms with Crippen LogP contribution < -0.4 is 10.0 Å². The highest BCUT2D eigenvalue weighted by Gasteiger charge is 2.24. The van der Waals surface area contributed by atoms with Gasteiger partial charge in [-0.2, -0.15) is 0 Å². The van der Waals surface area contributed by atoms with Gasteiger partial charge in [0.25, 0.3) is 15.9 Å². The minimum absolute atomic E-state index is 0.0636. The summed E-state index contributed by atoms with van der Waals surface area (Å²) in [6.45, 7) is 5.23. The SMILES string of the molecule is Cc1ccc(NS(=O)(=O)c2cccc(C(=O)N[C@@H](C(=O)O)C(C)C)c2)cc1. The third-order valence-electron chi connectivity index (χ3n) is 3.93. The van der Waals surface area contributed by atoms with Crippen LogP contribution >= 0.6 is 0 Å². The van der Waals surface area contributed by atoms with Crippen LogP contribution in [0.25, 0.3) is 0 Å². The second-order valence-electron chi connectivity index (χ2n) is 6.53. The number of carbonyl (C=O) groups excluding carboxylic acids is 1. The molecule has 1 amide bonds. The van der Waals surface area contributed by atoms with E-state index in [-0.39, 0.29) is 16.4 Å². The molecule has 8 heteroatoms. The lowest BCUT2D eigenvalue weighted by Gasteiger charge is -2.18. The predicted octanol–water partition coefficient (Wildman–Crippen LogP) is 2.63. The molecule has 144 valence electrons. The molecule has 0 saturated carbocycles. The number of carboxylic acids is 1. The summed E-state index contributed by atoms with van der Waals surface area (Å²) in [5, 5.41) is 11.6. The molecule has 2 aromatic rings. The van der Waals surface area contributed by atoms with Gasteiger partial charge >= 0.3 is 5.97 Å². The van der Waals surface area contributed by atoms with Gasteiger partial charge in [0.1, 0.15) is 6.04 Å². The zero-order valence-electron chi connectivity index (χ0n) is 15.3. The van der Waals surface area contributed by atoms with Crippen LogP contribution in [0.3, 0.4) is 0 Å². The zero-order chi connectivity index (χ0) is 20.2. The Bertz CT molecular complexity index is 937. The van der Waals surface area contributed by atoms with Gasteiger partial charge < -0.3 is 10.4 Å². The molecule has 2 rings (SSSR count). The molecule has 3 N–H and O–H groups in total. The fraction of sp³-hybridized carbons (Fsp3) is 0.263. The van der Waals surface area contributed by atoms with Crippen molar-refractivity contribution in [3.63, 3.8) is 0 Å². The van der Waals surface area contributed by atoms with Crippen molar-refractivity contribution < 1.29 is 23.1 Å². The van der Waals surface area contributed by atoms with Crippen molar-refractivity contribution in [2.24, 2.45) is 5.92 Å². The first kappa shape index (κ1) is 20.4. The number of amides is 1. The first-order chi connectivity index (χ1) is 12.6.